The van der Waals surface area contributed by atoms with Crippen LogP contribution in [-0.4, -0.2) is 34.9 Å². The van der Waals surface area contributed by atoms with Crippen LogP contribution in [0.4, 0.5) is 0 Å². The summed E-state index contributed by atoms with van der Waals surface area (Å²) in [7, 11) is 0. The molecule has 1 amide bonds. The van der Waals surface area contributed by atoms with Crippen molar-refractivity contribution >= 4 is 5.91 Å². The Morgan fingerprint density at radius 2 is 0.582 bits per heavy atom. The van der Waals surface area contributed by atoms with Crippen molar-refractivity contribution in [3.8, 4) is 0 Å². The van der Waals surface area contributed by atoms with Gasteiger partial charge in [-0.2, -0.15) is 0 Å². The van der Waals surface area contributed by atoms with Crippen LogP contribution in [0.15, 0.2) is 36.5 Å². The summed E-state index contributed by atoms with van der Waals surface area (Å²) in [5.41, 5.74) is 0. The zero-order valence-corrected chi connectivity index (χ0v) is 45.7. The number of allylic oxidation sites excluding steroid dienone is 5. The van der Waals surface area contributed by atoms with E-state index in [2.05, 4.69) is 43.5 Å². The van der Waals surface area contributed by atoms with Gasteiger partial charge in [0.1, 0.15) is 0 Å². The van der Waals surface area contributed by atoms with Crippen LogP contribution < -0.4 is 5.32 Å². The molecule has 0 fully saturated rings. The summed E-state index contributed by atoms with van der Waals surface area (Å²) in [5.74, 6) is -0.0675. The van der Waals surface area contributed by atoms with E-state index >= 15 is 0 Å². The minimum absolute atomic E-state index is 0.0675. The van der Waals surface area contributed by atoms with Crippen molar-refractivity contribution in [2.24, 2.45) is 0 Å². The van der Waals surface area contributed by atoms with Gasteiger partial charge in [0.25, 0.3) is 0 Å². The number of amides is 1. The van der Waals surface area contributed by atoms with Gasteiger partial charge in [0, 0.05) is 6.42 Å². The molecule has 0 saturated heterocycles. The maximum absolute atomic E-state index is 12.5. The molecular weight excluding hydrogens is 819 g/mol. The second kappa shape index (κ2) is 58.9. The van der Waals surface area contributed by atoms with Gasteiger partial charge in [0.2, 0.25) is 5.91 Å². The molecule has 67 heavy (non-hydrogen) atoms. The third kappa shape index (κ3) is 55.4. The Balaban J connectivity index is 3.48. The van der Waals surface area contributed by atoms with Crippen molar-refractivity contribution in [3.05, 3.63) is 36.5 Å². The maximum atomic E-state index is 12.5. The molecule has 0 aliphatic heterocycles. The lowest BCUT2D eigenvalue weighted by Crippen LogP contribution is -2.45. The van der Waals surface area contributed by atoms with E-state index in [0.29, 0.717) is 6.42 Å². The van der Waals surface area contributed by atoms with E-state index in [4.69, 9.17) is 0 Å². The maximum Gasteiger partial charge on any atom is 0.220 e. The molecule has 0 radical (unpaired) electrons. The summed E-state index contributed by atoms with van der Waals surface area (Å²) < 4.78 is 0. The Bertz CT molecular complexity index is 1020. The summed E-state index contributed by atoms with van der Waals surface area (Å²) in [6.45, 7) is 4.34. The Morgan fingerprint density at radius 3 is 0.866 bits per heavy atom. The van der Waals surface area contributed by atoms with Crippen LogP contribution in [-0.2, 0) is 4.79 Å². The van der Waals surface area contributed by atoms with Crippen molar-refractivity contribution in [3.63, 3.8) is 0 Å². The van der Waals surface area contributed by atoms with E-state index in [9.17, 15) is 15.0 Å². The van der Waals surface area contributed by atoms with Gasteiger partial charge in [0.05, 0.1) is 18.8 Å². The van der Waals surface area contributed by atoms with Crippen LogP contribution in [0.2, 0.25) is 0 Å². The molecular formula is C63H121NO3. The van der Waals surface area contributed by atoms with Crippen LogP contribution in [0.1, 0.15) is 341 Å². The van der Waals surface area contributed by atoms with Gasteiger partial charge in [-0.15, -0.1) is 0 Å². The minimum atomic E-state index is -0.862. The third-order valence-electron chi connectivity index (χ3n) is 14.3. The van der Waals surface area contributed by atoms with Gasteiger partial charge in [-0.05, 0) is 57.8 Å². The quantitative estimate of drug-likeness (QED) is 0.0420. The highest BCUT2D eigenvalue weighted by Gasteiger charge is 2.18. The molecule has 3 N–H and O–H groups in total. The van der Waals surface area contributed by atoms with Crippen molar-refractivity contribution in [2.45, 2.75) is 353 Å². The minimum Gasteiger partial charge on any atom is -0.394 e. The SMILES string of the molecule is CCCCCCCCCC/C=C\CCCCCCCCCCCCCCCCCCCC(=O)NC(CO)C(O)/C=C/CC/C=C/CCCCCCCCCCCCCCCCCCCCCC. The van der Waals surface area contributed by atoms with Gasteiger partial charge in [0.15, 0.2) is 0 Å². The summed E-state index contributed by atoms with van der Waals surface area (Å²) >= 11 is 0. The van der Waals surface area contributed by atoms with Crippen LogP contribution in [0.25, 0.3) is 0 Å². The molecule has 0 rings (SSSR count). The van der Waals surface area contributed by atoms with Gasteiger partial charge in [-0.3, -0.25) is 4.79 Å². The second-order valence-corrected chi connectivity index (χ2v) is 21.1. The van der Waals surface area contributed by atoms with Crippen LogP contribution >= 0.6 is 0 Å². The van der Waals surface area contributed by atoms with Gasteiger partial charge >= 0.3 is 0 Å². The zero-order chi connectivity index (χ0) is 48.5. The average molecular weight is 941 g/mol. The Morgan fingerprint density at radius 1 is 0.343 bits per heavy atom. The van der Waals surface area contributed by atoms with Crippen LogP contribution in [0.3, 0.4) is 0 Å². The number of hydrogen-bond acceptors (Lipinski definition) is 3. The van der Waals surface area contributed by atoms with Gasteiger partial charge < -0.3 is 15.5 Å². The van der Waals surface area contributed by atoms with Crippen molar-refractivity contribution in [1.82, 2.24) is 5.32 Å². The molecule has 4 heteroatoms. The first-order valence-corrected chi connectivity index (χ1v) is 30.7. The van der Waals surface area contributed by atoms with Crippen molar-refractivity contribution in [1.29, 1.82) is 0 Å². The number of carbonyl (C=O) groups excluding carboxylic acids is 1. The van der Waals surface area contributed by atoms with E-state index in [1.807, 2.05) is 6.08 Å². The molecule has 0 spiro atoms. The number of nitrogens with one attached hydrogen (secondary N) is 1. The predicted octanol–water partition coefficient (Wildman–Crippen LogP) is 20.4. The van der Waals surface area contributed by atoms with Crippen molar-refractivity contribution < 1.29 is 15.0 Å². The van der Waals surface area contributed by atoms with E-state index in [1.54, 1.807) is 6.08 Å². The van der Waals surface area contributed by atoms with E-state index in [-0.39, 0.29) is 12.5 Å². The Kier molecular flexibility index (Phi) is 57.7. The molecule has 0 aliphatic rings. The summed E-state index contributed by atoms with van der Waals surface area (Å²) in [6.07, 6.45) is 80.5. The molecule has 396 valence electrons. The molecule has 0 aromatic carbocycles. The summed E-state index contributed by atoms with van der Waals surface area (Å²) in [4.78, 5) is 12.5. The first kappa shape index (κ1) is 65.6. The highest BCUT2D eigenvalue weighted by Crippen LogP contribution is 2.18. The lowest BCUT2D eigenvalue weighted by atomic mass is 10.0. The second-order valence-electron chi connectivity index (χ2n) is 21.1. The number of aliphatic hydroxyl groups is 2. The fraction of sp³-hybridized carbons (Fsp3) is 0.889. The van der Waals surface area contributed by atoms with Gasteiger partial charge in [-0.1, -0.05) is 314 Å². The van der Waals surface area contributed by atoms with Crippen molar-refractivity contribution in [2.75, 3.05) is 6.61 Å². The monoisotopic (exact) mass is 940 g/mol. The molecule has 0 saturated carbocycles. The summed E-state index contributed by atoms with van der Waals surface area (Å²) in [6, 6.07) is -0.639. The van der Waals surface area contributed by atoms with Crippen LogP contribution in [0, 0.1) is 0 Å². The fourth-order valence-electron chi connectivity index (χ4n) is 9.66. The molecule has 0 bridgehead atoms. The van der Waals surface area contributed by atoms with E-state index < -0.39 is 12.1 Å². The number of rotatable bonds is 57. The van der Waals surface area contributed by atoms with Gasteiger partial charge in [-0.25, -0.2) is 0 Å². The average Bonchev–Trinajstić information content (AvgIpc) is 3.33. The number of hydrogen-bond donors (Lipinski definition) is 3. The normalized spacial score (nSPS) is 13.0. The fourth-order valence-corrected chi connectivity index (χ4v) is 9.66. The topological polar surface area (TPSA) is 69.6 Å². The molecule has 0 heterocycles. The Hall–Kier alpha value is -1.39. The first-order valence-electron chi connectivity index (χ1n) is 30.7. The number of unbranched alkanes of at least 4 members (excludes halogenated alkanes) is 46. The highest BCUT2D eigenvalue weighted by atomic mass is 16.3. The summed E-state index contributed by atoms with van der Waals surface area (Å²) in [5, 5.41) is 23.2. The molecule has 0 aliphatic carbocycles. The number of carbonyl (C=O) groups is 1. The molecule has 4 nitrogen and oxygen atoms in total. The smallest absolute Gasteiger partial charge is 0.220 e. The lowest BCUT2D eigenvalue weighted by Gasteiger charge is -2.19. The van der Waals surface area contributed by atoms with E-state index in [0.717, 1.165) is 32.1 Å². The predicted molar refractivity (Wildman–Crippen MR) is 299 cm³/mol. The molecule has 0 aromatic heterocycles. The number of aliphatic hydroxyl groups excluding tert-OH is 2. The zero-order valence-electron chi connectivity index (χ0n) is 45.7. The van der Waals surface area contributed by atoms with E-state index in [1.165, 1.54) is 289 Å². The highest BCUT2D eigenvalue weighted by molar-refractivity contribution is 5.76. The molecule has 0 aromatic rings. The first-order chi connectivity index (χ1) is 33.2. The molecule has 2 atom stereocenters. The largest absolute Gasteiger partial charge is 0.394 e. The molecule has 2 unspecified atom stereocenters. The van der Waals surface area contributed by atoms with Crippen LogP contribution in [0.5, 0.6) is 0 Å². The third-order valence-corrected chi connectivity index (χ3v) is 14.3. The Labute approximate surface area is 421 Å². The lowest BCUT2D eigenvalue weighted by molar-refractivity contribution is -0.123. The standard InChI is InChI=1S/C63H121NO3/c1-3-5-7-9-11-13-15-17-19-21-23-25-27-29-31-32-33-35-37-39-41-43-45-47-49-51-53-55-57-59-63(67)64-61(60-65)62(66)58-56-54-52-50-48-46-44-42-40-38-36-34-30-28-26-24-22-20-18-16-14-12-10-8-6-4-2/h21,23,48,50,56,58,61-62,65-66H,3-20,22,24-47,49,51-55,57,59-60H2,1-2H3,(H,64,67)/b23-21-,50-48+,58-56+.